The summed E-state index contributed by atoms with van der Waals surface area (Å²) in [6, 6.07) is 12.3. The van der Waals surface area contributed by atoms with Crippen molar-refractivity contribution in [3.8, 4) is 0 Å². The van der Waals surface area contributed by atoms with Gasteiger partial charge in [-0.25, -0.2) is 4.79 Å². The first-order valence-electron chi connectivity index (χ1n) is 7.17. The van der Waals surface area contributed by atoms with Crippen LogP contribution in [0.4, 0.5) is 5.69 Å². The zero-order valence-electron chi connectivity index (χ0n) is 12.7. The second kappa shape index (κ2) is 6.04. The number of halogens is 1. The molecule has 3 rings (SSSR count). The van der Waals surface area contributed by atoms with Crippen molar-refractivity contribution in [2.24, 2.45) is 0 Å². The van der Waals surface area contributed by atoms with Crippen molar-refractivity contribution in [3.63, 3.8) is 0 Å². The van der Waals surface area contributed by atoms with Crippen molar-refractivity contribution >= 4 is 38.6 Å². The zero-order valence-corrected chi connectivity index (χ0v) is 14.3. The molecule has 6 heteroatoms. The van der Waals surface area contributed by atoms with Gasteiger partial charge in [0.15, 0.2) is 5.58 Å². The van der Waals surface area contributed by atoms with Gasteiger partial charge in [-0.3, -0.25) is 9.36 Å². The maximum atomic E-state index is 12.2. The van der Waals surface area contributed by atoms with Gasteiger partial charge in [-0.15, -0.1) is 0 Å². The van der Waals surface area contributed by atoms with Crippen LogP contribution in [-0.2, 0) is 0 Å². The third kappa shape index (κ3) is 3.07. The Morgan fingerprint density at radius 1 is 1.17 bits per heavy atom. The summed E-state index contributed by atoms with van der Waals surface area (Å²) in [6.07, 6.45) is 0. The van der Waals surface area contributed by atoms with Gasteiger partial charge in [0.1, 0.15) is 0 Å². The minimum absolute atomic E-state index is 0.00644. The molecule has 0 saturated carbocycles. The van der Waals surface area contributed by atoms with E-state index in [1.165, 1.54) is 0 Å². The molecule has 5 nitrogen and oxygen atoms in total. The van der Waals surface area contributed by atoms with E-state index in [4.69, 9.17) is 4.42 Å². The highest BCUT2D eigenvalue weighted by Gasteiger charge is 2.13. The van der Waals surface area contributed by atoms with Crippen LogP contribution in [0.5, 0.6) is 0 Å². The van der Waals surface area contributed by atoms with E-state index in [1.54, 1.807) is 47.0 Å². The smallest absolute Gasteiger partial charge is 0.408 e. The van der Waals surface area contributed by atoms with E-state index >= 15 is 0 Å². The molecule has 1 N–H and O–H groups in total. The highest BCUT2D eigenvalue weighted by atomic mass is 79.9. The highest BCUT2D eigenvalue weighted by molar-refractivity contribution is 9.10. The van der Waals surface area contributed by atoms with Crippen molar-refractivity contribution in [3.05, 3.63) is 63.1 Å². The number of anilines is 1. The molecule has 2 aromatic carbocycles. The average Bonchev–Trinajstić information content (AvgIpc) is 2.83. The lowest BCUT2D eigenvalue weighted by Crippen LogP contribution is -2.15. The van der Waals surface area contributed by atoms with E-state index in [0.29, 0.717) is 22.4 Å². The number of oxazole rings is 1. The molecule has 0 radical (unpaired) electrons. The quantitative estimate of drug-likeness (QED) is 0.747. The first-order valence-corrected chi connectivity index (χ1v) is 7.97. The van der Waals surface area contributed by atoms with E-state index in [2.05, 4.69) is 21.2 Å². The molecule has 1 heterocycles. The van der Waals surface area contributed by atoms with Crippen LogP contribution in [0.3, 0.4) is 0 Å². The fourth-order valence-corrected chi connectivity index (χ4v) is 2.67. The standard InChI is InChI=1S/C17H15BrN2O3/c1-10(2)20-14-8-7-13(9-15(14)23-17(20)22)19-16(21)11-3-5-12(18)6-4-11/h3-10H,1-2H3,(H,19,21). The summed E-state index contributed by atoms with van der Waals surface area (Å²) in [5, 5.41) is 2.80. The molecule has 0 atom stereocenters. The fraction of sp³-hybridized carbons (Fsp3) is 0.176. The maximum Gasteiger partial charge on any atom is 0.420 e. The molecule has 1 amide bonds. The number of carbonyl (C=O) groups is 1. The Morgan fingerprint density at radius 3 is 2.52 bits per heavy atom. The molecule has 0 fully saturated rings. The van der Waals surface area contributed by atoms with Gasteiger partial charge in [0.05, 0.1) is 5.52 Å². The molecule has 0 aliphatic rings. The monoisotopic (exact) mass is 374 g/mol. The second-order valence-corrected chi connectivity index (χ2v) is 6.39. The Hall–Kier alpha value is -2.34. The fourth-order valence-electron chi connectivity index (χ4n) is 2.41. The number of carbonyl (C=O) groups excluding carboxylic acids is 1. The molecule has 23 heavy (non-hydrogen) atoms. The maximum absolute atomic E-state index is 12.2. The second-order valence-electron chi connectivity index (χ2n) is 5.48. The van der Waals surface area contributed by atoms with Gasteiger partial charge in [0, 0.05) is 27.8 Å². The molecule has 0 spiro atoms. The molecule has 118 valence electrons. The average molecular weight is 375 g/mol. The van der Waals surface area contributed by atoms with Crippen molar-refractivity contribution in [1.29, 1.82) is 0 Å². The third-order valence-corrected chi connectivity index (χ3v) is 4.02. The summed E-state index contributed by atoms with van der Waals surface area (Å²) in [4.78, 5) is 24.1. The summed E-state index contributed by atoms with van der Waals surface area (Å²) >= 11 is 3.33. The number of aromatic nitrogens is 1. The number of fused-ring (bicyclic) bond motifs is 1. The van der Waals surface area contributed by atoms with Crippen LogP contribution in [0.25, 0.3) is 11.1 Å². The number of nitrogens with zero attached hydrogens (tertiary/aromatic N) is 1. The van der Waals surface area contributed by atoms with Crippen LogP contribution in [0.15, 0.2) is 56.1 Å². The van der Waals surface area contributed by atoms with E-state index in [0.717, 1.165) is 4.47 Å². The lowest BCUT2D eigenvalue weighted by atomic mass is 10.2. The Balaban J connectivity index is 1.91. The van der Waals surface area contributed by atoms with Crippen LogP contribution in [0, 0.1) is 0 Å². The largest absolute Gasteiger partial charge is 0.420 e. The summed E-state index contributed by atoms with van der Waals surface area (Å²) in [6.45, 7) is 3.83. The summed E-state index contributed by atoms with van der Waals surface area (Å²) in [5.74, 6) is -0.617. The van der Waals surface area contributed by atoms with Gasteiger partial charge >= 0.3 is 5.76 Å². The molecular weight excluding hydrogens is 360 g/mol. The van der Waals surface area contributed by atoms with Crippen LogP contribution >= 0.6 is 15.9 Å². The molecule has 0 aliphatic heterocycles. The lowest BCUT2D eigenvalue weighted by molar-refractivity contribution is 0.102. The Kier molecular flexibility index (Phi) is 4.09. The zero-order chi connectivity index (χ0) is 16.6. The molecule has 1 aromatic heterocycles. The molecule has 0 bridgehead atoms. The third-order valence-electron chi connectivity index (χ3n) is 3.49. The first kappa shape index (κ1) is 15.6. The topological polar surface area (TPSA) is 64.2 Å². The molecule has 0 unspecified atom stereocenters. The number of nitrogens with one attached hydrogen (secondary N) is 1. The van der Waals surface area contributed by atoms with Crippen LogP contribution < -0.4 is 11.1 Å². The molecule has 3 aromatic rings. The van der Waals surface area contributed by atoms with Gasteiger partial charge in [-0.2, -0.15) is 0 Å². The minimum atomic E-state index is -0.397. The van der Waals surface area contributed by atoms with Crippen LogP contribution in [-0.4, -0.2) is 10.5 Å². The number of hydrogen-bond donors (Lipinski definition) is 1. The predicted molar refractivity (Wildman–Crippen MR) is 93.0 cm³/mol. The van der Waals surface area contributed by atoms with Crippen molar-refractivity contribution in [2.45, 2.75) is 19.9 Å². The number of benzene rings is 2. The molecular formula is C17H15BrN2O3. The SMILES string of the molecule is CC(C)n1c(=O)oc2cc(NC(=O)c3ccc(Br)cc3)ccc21. The number of hydrogen-bond acceptors (Lipinski definition) is 3. The highest BCUT2D eigenvalue weighted by Crippen LogP contribution is 2.21. The Morgan fingerprint density at radius 2 is 1.87 bits per heavy atom. The van der Waals surface area contributed by atoms with Gasteiger partial charge in [0.2, 0.25) is 0 Å². The van der Waals surface area contributed by atoms with E-state index < -0.39 is 5.76 Å². The van der Waals surface area contributed by atoms with Crippen molar-refractivity contribution in [2.75, 3.05) is 5.32 Å². The van der Waals surface area contributed by atoms with Gasteiger partial charge < -0.3 is 9.73 Å². The molecule has 0 aliphatic carbocycles. The van der Waals surface area contributed by atoms with Crippen molar-refractivity contribution in [1.82, 2.24) is 4.57 Å². The predicted octanol–water partition coefficient (Wildman–Crippen LogP) is 4.19. The number of amides is 1. The Bertz CT molecular complexity index is 923. The molecule has 0 saturated heterocycles. The normalized spacial score (nSPS) is 11.1. The number of rotatable bonds is 3. The van der Waals surface area contributed by atoms with Gasteiger partial charge in [-0.1, -0.05) is 15.9 Å². The minimum Gasteiger partial charge on any atom is -0.408 e. The lowest BCUT2D eigenvalue weighted by Gasteiger charge is -2.07. The first-order chi connectivity index (χ1) is 11.0. The summed E-state index contributed by atoms with van der Waals surface area (Å²) < 4.78 is 7.74. The van der Waals surface area contributed by atoms with E-state index in [1.807, 2.05) is 13.8 Å². The van der Waals surface area contributed by atoms with Gasteiger partial charge in [-0.05, 0) is 50.2 Å². The Labute approximate surface area is 141 Å². The summed E-state index contributed by atoms with van der Waals surface area (Å²) in [5.41, 5.74) is 2.30. The van der Waals surface area contributed by atoms with Gasteiger partial charge in [0.25, 0.3) is 5.91 Å². The van der Waals surface area contributed by atoms with Crippen molar-refractivity contribution < 1.29 is 9.21 Å². The van der Waals surface area contributed by atoms with Crippen LogP contribution in [0.1, 0.15) is 30.2 Å². The van der Waals surface area contributed by atoms with E-state index in [9.17, 15) is 9.59 Å². The van der Waals surface area contributed by atoms with Crippen LogP contribution in [0.2, 0.25) is 0 Å². The summed E-state index contributed by atoms with van der Waals surface area (Å²) in [7, 11) is 0. The van der Waals surface area contributed by atoms with E-state index in [-0.39, 0.29) is 11.9 Å².